The summed E-state index contributed by atoms with van der Waals surface area (Å²) in [5.74, 6) is 0.459. The Balaban J connectivity index is 1.80. The molecule has 5 rings (SSSR count). The first-order valence-electron chi connectivity index (χ1n) is 10.8. The first-order valence-corrected chi connectivity index (χ1v) is 12.4. The summed E-state index contributed by atoms with van der Waals surface area (Å²) in [6.45, 7) is 2.59. The summed E-state index contributed by atoms with van der Waals surface area (Å²) in [4.78, 5) is 32.5. The maximum absolute atomic E-state index is 13.8. The highest BCUT2D eigenvalue weighted by atomic mass is 79.9. The van der Waals surface area contributed by atoms with Crippen LogP contribution in [0.5, 0.6) is 0 Å². The topological polar surface area (TPSA) is 56.9 Å². The van der Waals surface area contributed by atoms with Gasteiger partial charge in [0.1, 0.15) is 4.83 Å². The number of halogens is 1. The predicted molar refractivity (Wildman–Crippen MR) is 131 cm³/mol. The second kappa shape index (κ2) is 8.36. The fourth-order valence-electron chi connectivity index (χ4n) is 4.78. The van der Waals surface area contributed by atoms with Crippen LogP contribution in [0.25, 0.3) is 26.7 Å². The number of aryl methyl sites for hydroxylation is 1. The minimum absolute atomic E-state index is 0.269. The van der Waals surface area contributed by atoms with Crippen LogP contribution < -0.4 is 11.2 Å². The molecule has 1 aromatic carbocycles. The van der Waals surface area contributed by atoms with Crippen molar-refractivity contribution in [3.63, 3.8) is 0 Å². The second-order valence-corrected chi connectivity index (χ2v) is 10.8. The molecule has 5 nitrogen and oxygen atoms in total. The summed E-state index contributed by atoms with van der Waals surface area (Å²) in [7, 11) is 0. The van der Waals surface area contributed by atoms with E-state index in [1.54, 1.807) is 12.4 Å². The normalized spacial score (nSPS) is 15.5. The minimum Gasteiger partial charge on any atom is -0.284 e. The molecule has 0 spiro atoms. The van der Waals surface area contributed by atoms with Crippen molar-refractivity contribution in [2.45, 2.75) is 52.0 Å². The summed E-state index contributed by atoms with van der Waals surface area (Å²) in [6.07, 6.45) is 10.6. The van der Waals surface area contributed by atoms with Crippen LogP contribution in [-0.2, 0) is 6.54 Å². The highest BCUT2D eigenvalue weighted by Crippen LogP contribution is 2.34. The van der Waals surface area contributed by atoms with Crippen LogP contribution in [0.1, 0.15) is 44.1 Å². The molecule has 1 aliphatic rings. The molecule has 0 amide bonds. The highest BCUT2D eigenvalue weighted by Gasteiger charge is 2.23. The maximum atomic E-state index is 13.8. The molecule has 0 bridgehead atoms. The lowest BCUT2D eigenvalue weighted by Crippen LogP contribution is -2.39. The number of fused-ring (bicyclic) bond motifs is 2. The zero-order chi connectivity index (χ0) is 21.5. The standard InChI is InChI=1S/C24H24BrN3O2S/c1-15-20-22(29)28(19-13-26-12-17-10-6-7-11-18(17)19)24(30)27(23(20)31-21(15)25)14-16-8-4-2-3-5-9-16/h6-7,10-13,16H,2-5,8-9,14H2,1H3. The molecular weight excluding hydrogens is 474 g/mol. The van der Waals surface area contributed by atoms with Crippen LogP contribution in [-0.4, -0.2) is 14.1 Å². The van der Waals surface area contributed by atoms with Crippen molar-refractivity contribution < 1.29 is 0 Å². The molecule has 0 atom stereocenters. The SMILES string of the molecule is Cc1c(Br)sc2c1c(=O)n(-c1cncc3ccccc13)c(=O)n2CC1CCCCCC1. The molecule has 1 saturated carbocycles. The molecule has 31 heavy (non-hydrogen) atoms. The Morgan fingerprint density at radius 3 is 2.61 bits per heavy atom. The molecule has 3 aromatic heterocycles. The van der Waals surface area contributed by atoms with Crippen molar-refractivity contribution in [1.29, 1.82) is 0 Å². The molecule has 4 aromatic rings. The second-order valence-electron chi connectivity index (χ2n) is 8.45. The lowest BCUT2D eigenvalue weighted by atomic mass is 10.0. The van der Waals surface area contributed by atoms with Gasteiger partial charge >= 0.3 is 5.69 Å². The summed E-state index contributed by atoms with van der Waals surface area (Å²) < 4.78 is 4.08. The number of thiophene rings is 1. The molecule has 7 heteroatoms. The van der Waals surface area contributed by atoms with E-state index in [2.05, 4.69) is 20.9 Å². The average Bonchev–Trinajstić information content (AvgIpc) is 2.94. The van der Waals surface area contributed by atoms with Gasteiger partial charge in [-0.05, 0) is 47.2 Å². The van der Waals surface area contributed by atoms with Gasteiger partial charge in [-0.15, -0.1) is 11.3 Å². The zero-order valence-corrected chi connectivity index (χ0v) is 19.8. The fourth-order valence-corrected chi connectivity index (χ4v) is 6.46. The van der Waals surface area contributed by atoms with Crippen LogP contribution >= 0.6 is 27.3 Å². The summed E-state index contributed by atoms with van der Waals surface area (Å²) in [6, 6.07) is 7.75. The van der Waals surface area contributed by atoms with Gasteiger partial charge in [-0.1, -0.05) is 49.9 Å². The van der Waals surface area contributed by atoms with Gasteiger partial charge < -0.3 is 0 Å². The lowest BCUT2D eigenvalue weighted by Gasteiger charge is -2.18. The maximum Gasteiger partial charge on any atom is 0.336 e. The van der Waals surface area contributed by atoms with E-state index in [1.165, 1.54) is 41.6 Å². The van der Waals surface area contributed by atoms with Gasteiger partial charge in [0.05, 0.1) is 21.1 Å². The fraction of sp³-hybridized carbons (Fsp3) is 0.375. The molecule has 1 fully saturated rings. The van der Waals surface area contributed by atoms with Crippen LogP contribution in [0, 0.1) is 12.8 Å². The highest BCUT2D eigenvalue weighted by molar-refractivity contribution is 9.11. The van der Waals surface area contributed by atoms with Gasteiger partial charge in [-0.25, -0.2) is 9.36 Å². The van der Waals surface area contributed by atoms with E-state index < -0.39 is 0 Å². The number of aromatic nitrogens is 3. The van der Waals surface area contributed by atoms with Gasteiger partial charge in [0.15, 0.2) is 0 Å². The molecule has 1 aliphatic carbocycles. The van der Waals surface area contributed by atoms with Crippen molar-refractivity contribution in [3.8, 4) is 5.69 Å². The summed E-state index contributed by atoms with van der Waals surface area (Å²) >= 11 is 5.09. The van der Waals surface area contributed by atoms with Crippen LogP contribution in [0.3, 0.4) is 0 Å². The Labute approximate surface area is 192 Å². The monoisotopic (exact) mass is 497 g/mol. The quantitative estimate of drug-likeness (QED) is 0.336. The molecule has 0 aliphatic heterocycles. The van der Waals surface area contributed by atoms with Gasteiger partial charge in [0.25, 0.3) is 5.56 Å². The largest absolute Gasteiger partial charge is 0.336 e. The van der Waals surface area contributed by atoms with Gasteiger partial charge in [0, 0.05) is 23.5 Å². The number of hydrogen-bond donors (Lipinski definition) is 0. The van der Waals surface area contributed by atoms with Crippen molar-refractivity contribution >= 4 is 48.3 Å². The Morgan fingerprint density at radius 2 is 1.84 bits per heavy atom. The first kappa shape index (κ1) is 20.6. The van der Waals surface area contributed by atoms with E-state index in [4.69, 9.17) is 0 Å². The van der Waals surface area contributed by atoms with Crippen molar-refractivity contribution in [1.82, 2.24) is 14.1 Å². The van der Waals surface area contributed by atoms with Crippen LogP contribution in [0.2, 0.25) is 0 Å². The predicted octanol–water partition coefficient (Wildman–Crippen LogP) is 5.80. The molecule has 0 saturated heterocycles. The Bertz CT molecular complexity index is 1390. The Morgan fingerprint density at radius 1 is 1.10 bits per heavy atom. The van der Waals surface area contributed by atoms with Crippen molar-refractivity contribution in [2.24, 2.45) is 5.92 Å². The Kier molecular flexibility index (Phi) is 5.56. The number of hydrogen-bond acceptors (Lipinski definition) is 4. The van der Waals surface area contributed by atoms with E-state index in [0.29, 0.717) is 23.5 Å². The third-order valence-electron chi connectivity index (χ3n) is 6.46. The molecule has 0 radical (unpaired) electrons. The number of rotatable bonds is 3. The lowest BCUT2D eigenvalue weighted by molar-refractivity contribution is 0.391. The zero-order valence-electron chi connectivity index (χ0n) is 17.4. The molecule has 160 valence electrons. The minimum atomic E-state index is -0.270. The van der Waals surface area contributed by atoms with Crippen molar-refractivity contribution in [3.05, 3.63) is 66.8 Å². The Hall–Kier alpha value is -2.25. The number of benzene rings is 1. The van der Waals surface area contributed by atoms with E-state index in [-0.39, 0.29) is 11.2 Å². The molecule has 3 heterocycles. The summed E-state index contributed by atoms with van der Waals surface area (Å²) in [5.41, 5.74) is 0.899. The number of nitrogens with zero attached hydrogens (tertiary/aromatic N) is 3. The smallest absolute Gasteiger partial charge is 0.284 e. The van der Waals surface area contributed by atoms with Crippen molar-refractivity contribution in [2.75, 3.05) is 0 Å². The van der Waals surface area contributed by atoms with E-state index >= 15 is 0 Å². The first-order chi connectivity index (χ1) is 15.1. The summed E-state index contributed by atoms with van der Waals surface area (Å²) in [5, 5.41) is 2.38. The van der Waals surface area contributed by atoms with Gasteiger partial charge in [-0.2, -0.15) is 0 Å². The molecular formula is C24H24BrN3O2S. The third kappa shape index (κ3) is 3.57. The molecule has 0 unspecified atom stereocenters. The third-order valence-corrected chi connectivity index (χ3v) is 8.64. The van der Waals surface area contributed by atoms with Crippen LogP contribution in [0.15, 0.2) is 50.0 Å². The van der Waals surface area contributed by atoms with E-state index in [9.17, 15) is 9.59 Å². The molecule has 0 N–H and O–H groups in total. The van der Waals surface area contributed by atoms with Gasteiger partial charge in [0.2, 0.25) is 0 Å². The van der Waals surface area contributed by atoms with E-state index in [0.717, 1.165) is 37.8 Å². The van der Waals surface area contributed by atoms with Crippen LogP contribution in [0.4, 0.5) is 0 Å². The average molecular weight is 498 g/mol. The van der Waals surface area contributed by atoms with Gasteiger partial charge in [-0.3, -0.25) is 14.3 Å². The number of pyridine rings is 1. The van der Waals surface area contributed by atoms with E-state index in [1.807, 2.05) is 35.8 Å².